The number of alkyl carbamates (subject to hydrolysis) is 1. The predicted molar refractivity (Wildman–Crippen MR) is 252 cm³/mol. The van der Waals surface area contributed by atoms with E-state index in [0.29, 0.717) is 15.4 Å². The van der Waals surface area contributed by atoms with Gasteiger partial charge in [0.2, 0.25) is 5.91 Å². The zero-order valence-electron chi connectivity index (χ0n) is 38.4. The Morgan fingerprint density at radius 2 is 1.28 bits per heavy atom. The topological polar surface area (TPSA) is 210 Å². The number of hydrogen-bond donors (Lipinski definition) is 3. The Labute approximate surface area is 390 Å². The van der Waals surface area contributed by atoms with Gasteiger partial charge >= 0.3 is 24.1 Å². The van der Waals surface area contributed by atoms with E-state index in [0.717, 1.165) is 11.1 Å². The van der Waals surface area contributed by atoms with E-state index in [1.807, 2.05) is 24.3 Å². The van der Waals surface area contributed by atoms with Gasteiger partial charge in [0.05, 0.1) is 23.6 Å². The lowest BCUT2D eigenvalue weighted by atomic mass is 9.96. The summed E-state index contributed by atoms with van der Waals surface area (Å²) < 4.78 is 45.6. The Kier molecular flexibility index (Phi) is 21.1. The van der Waals surface area contributed by atoms with Crippen LogP contribution in [0.3, 0.4) is 0 Å². The average Bonchev–Trinajstić information content (AvgIpc) is 3.21. The van der Waals surface area contributed by atoms with E-state index >= 15 is 0 Å². The maximum absolute atomic E-state index is 13.8. The fraction of sp³-hybridized carbons (Fsp3) is 0.447. The molecule has 3 aromatic carbocycles. The minimum absolute atomic E-state index is 0.0177. The summed E-state index contributed by atoms with van der Waals surface area (Å²) in [6, 6.07) is 18.6. The SMILES string of the molecule is C=CCOC(=O)[C@@H](CC(=O)OC(C)(C)C)Cc1ccc(OC(=O)NCC[C@H](NC(=O)OC(C)(C)C)C(=O)N[C@@H](CSC(c2ccc(S(C)=O)cc2)c2ccc(S(C)=O)cc2)C(C)=O)cc1. The monoisotopic (exact) mass is 955 g/mol. The fourth-order valence-corrected chi connectivity index (χ4v) is 8.46. The zero-order chi connectivity index (χ0) is 48.5. The second kappa shape index (κ2) is 25.4. The van der Waals surface area contributed by atoms with Crippen LogP contribution < -0.4 is 20.7 Å². The molecular formula is C47H61N3O12S3. The molecule has 3 rings (SSSR count). The van der Waals surface area contributed by atoms with E-state index < -0.39 is 80.8 Å². The lowest BCUT2D eigenvalue weighted by Crippen LogP contribution is -2.53. The summed E-state index contributed by atoms with van der Waals surface area (Å²) >= 11 is 1.39. The van der Waals surface area contributed by atoms with Gasteiger partial charge in [0.15, 0.2) is 5.78 Å². The Balaban J connectivity index is 1.71. The standard InChI is InChI=1S/C47H61N3O12S3/c1-11-26-59-43(54)34(28-40(52)61-46(3,4)5)27-31-12-18-35(19-13-31)60-44(55)48-25-24-38(50-45(56)62-47(6,7)8)42(53)49-39(30(2)51)29-63-41(32-14-20-36(21-15-32)64(9)57)33-16-22-37(23-17-33)65(10)58/h11-23,34,38-39,41H,1,24-29H2,2-10H3,(H,48,55)(H,49,53)(H,50,56)/t34-,38+,39+,41?,64?,65?/m1/s1. The number of Topliss-reactive ketones (excluding diaryl/α,β-unsaturated/α-hetero) is 1. The van der Waals surface area contributed by atoms with Crippen molar-refractivity contribution in [1.82, 2.24) is 16.0 Å². The number of amides is 3. The van der Waals surface area contributed by atoms with Crippen molar-refractivity contribution in [2.75, 3.05) is 31.4 Å². The smallest absolute Gasteiger partial charge is 0.412 e. The van der Waals surface area contributed by atoms with Gasteiger partial charge in [-0.15, -0.1) is 11.8 Å². The highest BCUT2D eigenvalue weighted by atomic mass is 32.2. The number of ketones is 1. The molecule has 354 valence electrons. The lowest BCUT2D eigenvalue weighted by molar-refractivity contribution is -0.161. The molecule has 2 unspecified atom stereocenters. The minimum Gasteiger partial charge on any atom is -0.461 e. The molecule has 0 aliphatic heterocycles. The molecular weight excluding hydrogens is 895 g/mol. The average molecular weight is 956 g/mol. The minimum atomic E-state index is -1.25. The molecule has 3 N–H and O–H groups in total. The molecule has 5 atom stereocenters. The summed E-state index contributed by atoms with van der Waals surface area (Å²) in [5, 5.41) is 7.55. The number of nitrogens with one attached hydrogen (secondary N) is 3. The number of thioether (sulfide) groups is 1. The molecule has 3 aromatic rings. The molecule has 3 amide bonds. The van der Waals surface area contributed by atoms with Gasteiger partial charge in [-0.2, -0.15) is 0 Å². The largest absolute Gasteiger partial charge is 0.461 e. The third-order valence-electron chi connectivity index (χ3n) is 9.10. The van der Waals surface area contributed by atoms with Crippen molar-refractivity contribution in [1.29, 1.82) is 0 Å². The van der Waals surface area contributed by atoms with Crippen LogP contribution in [0.25, 0.3) is 0 Å². The third-order valence-corrected chi connectivity index (χ3v) is 12.4. The first-order chi connectivity index (χ1) is 30.4. The van der Waals surface area contributed by atoms with Gasteiger partial charge in [-0.3, -0.25) is 27.6 Å². The van der Waals surface area contributed by atoms with Crippen LogP contribution in [0.2, 0.25) is 0 Å². The van der Waals surface area contributed by atoms with Crippen LogP contribution in [-0.2, 0) is 61.4 Å². The van der Waals surface area contributed by atoms with Crippen molar-refractivity contribution in [2.24, 2.45) is 5.92 Å². The van der Waals surface area contributed by atoms with Crippen molar-refractivity contribution < 1.29 is 56.1 Å². The van der Waals surface area contributed by atoms with Gasteiger partial charge in [0, 0.05) is 56.2 Å². The first-order valence-corrected chi connectivity index (χ1v) is 24.9. The number of rotatable bonds is 22. The molecule has 0 saturated heterocycles. The number of carbonyl (C=O) groups excluding carboxylic acids is 6. The molecule has 0 aliphatic carbocycles. The number of carbonyl (C=O) groups is 6. The molecule has 18 heteroatoms. The van der Waals surface area contributed by atoms with Crippen LogP contribution in [0.5, 0.6) is 5.75 Å². The molecule has 0 bridgehead atoms. The van der Waals surface area contributed by atoms with E-state index in [4.69, 9.17) is 18.9 Å². The number of benzene rings is 3. The van der Waals surface area contributed by atoms with Gasteiger partial charge in [-0.05, 0) is 114 Å². The molecule has 0 radical (unpaired) electrons. The van der Waals surface area contributed by atoms with E-state index in [-0.39, 0.29) is 54.9 Å². The van der Waals surface area contributed by atoms with Gasteiger partial charge in [-0.1, -0.05) is 49.1 Å². The summed E-state index contributed by atoms with van der Waals surface area (Å²) in [4.78, 5) is 79.2. The number of hydrogen-bond acceptors (Lipinski definition) is 13. The maximum Gasteiger partial charge on any atom is 0.412 e. The van der Waals surface area contributed by atoms with Crippen LogP contribution in [0, 0.1) is 5.92 Å². The zero-order valence-corrected chi connectivity index (χ0v) is 40.8. The van der Waals surface area contributed by atoms with Crippen molar-refractivity contribution in [2.45, 2.75) is 106 Å². The number of esters is 2. The van der Waals surface area contributed by atoms with Crippen LogP contribution >= 0.6 is 11.8 Å². The molecule has 0 aromatic heterocycles. The Morgan fingerprint density at radius 1 is 0.738 bits per heavy atom. The Hall–Kier alpha value is -5.33. The molecule has 15 nitrogen and oxygen atoms in total. The van der Waals surface area contributed by atoms with Gasteiger partial charge in [0.25, 0.3) is 0 Å². The van der Waals surface area contributed by atoms with Crippen molar-refractivity contribution in [3.8, 4) is 5.75 Å². The number of ether oxygens (including phenoxy) is 4. The molecule has 0 heterocycles. The van der Waals surface area contributed by atoms with E-state index in [2.05, 4.69) is 22.5 Å². The van der Waals surface area contributed by atoms with Gasteiger partial charge < -0.3 is 34.9 Å². The summed E-state index contributed by atoms with van der Waals surface area (Å²) in [5.41, 5.74) is 0.744. The van der Waals surface area contributed by atoms with Crippen LogP contribution in [0.4, 0.5) is 9.59 Å². The van der Waals surface area contributed by atoms with Crippen molar-refractivity contribution >= 4 is 69.2 Å². The van der Waals surface area contributed by atoms with Crippen molar-refractivity contribution in [3.63, 3.8) is 0 Å². The predicted octanol–water partition coefficient (Wildman–Crippen LogP) is 6.75. The van der Waals surface area contributed by atoms with Crippen LogP contribution in [0.15, 0.2) is 95.2 Å². The van der Waals surface area contributed by atoms with Crippen LogP contribution in [0.1, 0.15) is 83.2 Å². The van der Waals surface area contributed by atoms with E-state index in [9.17, 15) is 37.2 Å². The highest BCUT2D eigenvalue weighted by Gasteiger charge is 2.30. The maximum atomic E-state index is 13.8. The molecule has 0 spiro atoms. The normalized spacial score (nSPS) is 14.2. The van der Waals surface area contributed by atoms with E-state index in [1.54, 1.807) is 90.5 Å². The summed E-state index contributed by atoms with van der Waals surface area (Å²) in [5.74, 6) is -2.72. The second-order valence-electron chi connectivity index (χ2n) is 17.0. The van der Waals surface area contributed by atoms with Crippen molar-refractivity contribution in [3.05, 3.63) is 102 Å². The first kappa shape index (κ1) is 54.0. The lowest BCUT2D eigenvalue weighted by Gasteiger charge is -2.26. The Bertz CT molecular complexity index is 2110. The third kappa shape index (κ3) is 19.8. The van der Waals surface area contributed by atoms with E-state index in [1.165, 1.54) is 36.9 Å². The summed E-state index contributed by atoms with van der Waals surface area (Å²) in [7, 11) is -2.38. The molecule has 0 saturated carbocycles. The Morgan fingerprint density at radius 3 is 1.75 bits per heavy atom. The van der Waals surface area contributed by atoms with Gasteiger partial charge in [-0.25, -0.2) is 9.59 Å². The first-order valence-electron chi connectivity index (χ1n) is 20.8. The summed E-state index contributed by atoms with van der Waals surface area (Å²) in [6.45, 7) is 14.9. The summed E-state index contributed by atoms with van der Waals surface area (Å²) in [6.07, 6.45) is 2.69. The molecule has 65 heavy (non-hydrogen) atoms. The molecule has 0 fully saturated rings. The molecule has 0 aliphatic rings. The van der Waals surface area contributed by atoms with Gasteiger partial charge in [0.1, 0.15) is 29.6 Å². The highest BCUT2D eigenvalue weighted by molar-refractivity contribution is 7.99. The van der Waals surface area contributed by atoms with Crippen LogP contribution in [-0.4, -0.2) is 98.9 Å². The highest BCUT2D eigenvalue weighted by Crippen LogP contribution is 2.37. The second-order valence-corrected chi connectivity index (χ2v) is 20.9. The fourth-order valence-electron chi connectivity index (χ4n) is 6.02. The quantitative estimate of drug-likeness (QED) is 0.0542.